The van der Waals surface area contributed by atoms with Crippen LogP contribution in [0.4, 0.5) is 16.2 Å². The SMILES string of the molecule is CN(C)c1cccc(NC2CCCN(C(=O)OC(C)(C)C)C2)c1. The van der Waals surface area contributed by atoms with Gasteiger partial charge in [0, 0.05) is 44.6 Å². The quantitative estimate of drug-likeness (QED) is 0.925. The summed E-state index contributed by atoms with van der Waals surface area (Å²) in [5.74, 6) is 0. The Morgan fingerprint density at radius 1 is 1.35 bits per heavy atom. The zero-order valence-electron chi connectivity index (χ0n) is 14.9. The van der Waals surface area contributed by atoms with Crippen LogP contribution in [0.3, 0.4) is 0 Å². The fourth-order valence-corrected chi connectivity index (χ4v) is 2.70. The number of benzene rings is 1. The first-order valence-corrected chi connectivity index (χ1v) is 8.26. The van der Waals surface area contributed by atoms with E-state index in [4.69, 9.17) is 4.74 Å². The smallest absolute Gasteiger partial charge is 0.410 e. The van der Waals surface area contributed by atoms with Crippen LogP contribution in [0.5, 0.6) is 0 Å². The monoisotopic (exact) mass is 319 g/mol. The van der Waals surface area contributed by atoms with Gasteiger partial charge in [-0.15, -0.1) is 0 Å². The zero-order valence-corrected chi connectivity index (χ0v) is 14.9. The van der Waals surface area contributed by atoms with Crippen molar-refractivity contribution in [3.05, 3.63) is 24.3 Å². The van der Waals surface area contributed by atoms with Gasteiger partial charge in [-0.2, -0.15) is 0 Å². The Labute approximate surface area is 139 Å². The van der Waals surface area contributed by atoms with E-state index in [0.29, 0.717) is 6.54 Å². The average Bonchev–Trinajstić information content (AvgIpc) is 2.46. The molecule has 0 aromatic heterocycles. The molecule has 1 amide bonds. The van der Waals surface area contributed by atoms with Gasteiger partial charge in [0.25, 0.3) is 0 Å². The molecule has 1 aromatic carbocycles. The molecule has 1 aromatic rings. The molecule has 2 rings (SSSR count). The lowest BCUT2D eigenvalue weighted by Crippen LogP contribution is -2.46. The van der Waals surface area contributed by atoms with Crippen LogP contribution in [0.1, 0.15) is 33.6 Å². The molecule has 1 saturated heterocycles. The van der Waals surface area contributed by atoms with Gasteiger partial charge < -0.3 is 19.9 Å². The highest BCUT2D eigenvalue weighted by Crippen LogP contribution is 2.21. The van der Waals surface area contributed by atoms with Crippen LogP contribution in [0.15, 0.2) is 24.3 Å². The van der Waals surface area contributed by atoms with Crippen molar-refractivity contribution >= 4 is 17.5 Å². The number of anilines is 2. The van der Waals surface area contributed by atoms with Gasteiger partial charge in [0.1, 0.15) is 5.60 Å². The fraction of sp³-hybridized carbons (Fsp3) is 0.611. The Bertz CT molecular complexity index is 537. The molecule has 5 heteroatoms. The number of likely N-dealkylation sites (tertiary alicyclic amines) is 1. The largest absolute Gasteiger partial charge is 0.444 e. The molecule has 0 saturated carbocycles. The van der Waals surface area contributed by atoms with Gasteiger partial charge in [0.05, 0.1) is 0 Å². The molecule has 0 radical (unpaired) electrons. The fourth-order valence-electron chi connectivity index (χ4n) is 2.70. The summed E-state index contributed by atoms with van der Waals surface area (Å²) in [5, 5.41) is 3.55. The van der Waals surface area contributed by atoms with E-state index in [-0.39, 0.29) is 12.1 Å². The average molecular weight is 319 g/mol. The van der Waals surface area contributed by atoms with Crippen LogP contribution in [-0.4, -0.2) is 49.8 Å². The summed E-state index contributed by atoms with van der Waals surface area (Å²) in [6.45, 7) is 7.15. The van der Waals surface area contributed by atoms with Gasteiger partial charge >= 0.3 is 6.09 Å². The summed E-state index contributed by atoms with van der Waals surface area (Å²) in [5.41, 5.74) is 1.80. The van der Waals surface area contributed by atoms with Gasteiger partial charge in [-0.25, -0.2) is 4.79 Å². The minimum absolute atomic E-state index is 0.217. The number of amides is 1. The minimum Gasteiger partial charge on any atom is -0.444 e. The van der Waals surface area contributed by atoms with E-state index < -0.39 is 5.60 Å². The lowest BCUT2D eigenvalue weighted by molar-refractivity contribution is 0.0206. The van der Waals surface area contributed by atoms with E-state index in [1.54, 1.807) is 0 Å². The molecule has 0 aliphatic carbocycles. The van der Waals surface area contributed by atoms with Crippen LogP contribution in [0, 0.1) is 0 Å². The summed E-state index contributed by atoms with van der Waals surface area (Å²) < 4.78 is 5.48. The van der Waals surface area contributed by atoms with Crippen molar-refractivity contribution in [2.24, 2.45) is 0 Å². The van der Waals surface area contributed by atoms with Crippen molar-refractivity contribution in [1.82, 2.24) is 4.90 Å². The summed E-state index contributed by atoms with van der Waals surface area (Å²) in [6.07, 6.45) is 1.83. The molecule has 5 nitrogen and oxygen atoms in total. The first-order chi connectivity index (χ1) is 10.7. The predicted octanol–water partition coefficient (Wildman–Crippen LogP) is 3.56. The zero-order chi connectivity index (χ0) is 17.0. The molecule has 1 unspecified atom stereocenters. The molecule has 0 bridgehead atoms. The predicted molar refractivity (Wildman–Crippen MR) is 95.2 cm³/mol. The third-order valence-electron chi connectivity index (χ3n) is 3.81. The van der Waals surface area contributed by atoms with Crippen LogP contribution in [0.2, 0.25) is 0 Å². The molecule has 0 spiro atoms. The molecule has 1 aliphatic heterocycles. The van der Waals surface area contributed by atoms with Crippen LogP contribution >= 0.6 is 0 Å². The molecule has 23 heavy (non-hydrogen) atoms. The number of nitrogens with zero attached hydrogens (tertiary/aromatic N) is 2. The van der Waals surface area contributed by atoms with E-state index in [9.17, 15) is 4.79 Å². The van der Waals surface area contributed by atoms with E-state index in [1.807, 2.05) is 45.8 Å². The van der Waals surface area contributed by atoms with Crippen molar-refractivity contribution in [1.29, 1.82) is 0 Å². The normalized spacial score (nSPS) is 18.5. The van der Waals surface area contributed by atoms with Gasteiger partial charge in [-0.05, 0) is 51.8 Å². The van der Waals surface area contributed by atoms with Crippen molar-refractivity contribution < 1.29 is 9.53 Å². The molecular weight excluding hydrogens is 290 g/mol. The topological polar surface area (TPSA) is 44.8 Å². The van der Waals surface area contributed by atoms with Crippen LogP contribution in [0.25, 0.3) is 0 Å². The highest BCUT2D eigenvalue weighted by Gasteiger charge is 2.27. The van der Waals surface area contributed by atoms with Gasteiger partial charge in [-0.3, -0.25) is 0 Å². The lowest BCUT2D eigenvalue weighted by atomic mass is 10.1. The van der Waals surface area contributed by atoms with E-state index in [0.717, 1.165) is 30.8 Å². The second-order valence-corrected chi connectivity index (χ2v) is 7.35. The first-order valence-electron chi connectivity index (χ1n) is 8.26. The molecule has 1 aliphatic rings. The van der Waals surface area contributed by atoms with Crippen molar-refractivity contribution in [3.8, 4) is 0 Å². The standard InChI is InChI=1S/C18H29N3O2/c1-18(2,3)23-17(22)21-11-7-9-15(13-21)19-14-8-6-10-16(12-14)20(4)5/h6,8,10,12,15,19H,7,9,11,13H2,1-5H3. The maximum Gasteiger partial charge on any atom is 0.410 e. The molecule has 1 fully saturated rings. The number of ether oxygens (including phenoxy) is 1. The number of hydrogen-bond acceptors (Lipinski definition) is 4. The summed E-state index contributed by atoms with van der Waals surface area (Å²) in [6, 6.07) is 8.59. The third-order valence-corrected chi connectivity index (χ3v) is 3.81. The second-order valence-electron chi connectivity index (χ2n) is 7.35. The Morgan fingerprint density at radius 3 is 2.74 bits per heavy atom. The second kappa shape index (κ2) is 7.11. The summed E-state index contributed by atoms with van der Waals surface area (Å²) in [4.78, 5) is 16.1. The van der Waals surface area contributed by atoms with Crippen LogP contribution in [-0.2, 0) is 4.74 Å². The summed E-state index contributed by atoms with van der Waals surface area (Å²) >= 11 is 0. The Kier molecular flexibility index (Phi) is 5.39. The Morgan fingerprint density at radius 2 is 2.09 bits per heavy atom. The number of carbonyl (C=O) groups excluding carboxylic acids is 1. The maximum atomic E-state index is 12.2. The number of rotatable bonds is 3. The highest BCUT2D eigenvalue weighted by atomic mass is 16.6. The van der Waals surface area contributed by atoms with E-state index >= 15 is 0 Å². The molecule has 1 N–H and O–H groups in total. The highest BCUT2D eigenvalue weighted by molar-refractivity contribution is 5.68. The number of piperidine rings is 1. The Hall–Kier alpha value is -1.91. The molecule has 1 heterocycles. The summed E-state index contributed by atoms with van der Waals surface area (Å²) in [7, 11) is 4.06. The molecule has 128 valence electrons. The maximum absolute atomic E-state index is 12.2. The van der Waals surface area contributed by atoms with Gasteiger partial charge in [0.15, 0.2) is 0 Å². The molecule has 1 atom stereocenters. The number of hydrogen-bond donors (Lipinski definition) is 1. The van der Waals surface area contributed by atoms with Gasteiger partial charge in [-0.1, -0.05) is 6.07 Å². The van der Waals surface area contributed by atoms with Crippen molar-refractivity contribution in [2.75, 3.05) is 37.4 Å². The van der Waals surface area contributed by atoms with E-state index in [1.165, 1.54) is 0 Å². The third kappa shape index (κ3) is 5.34. The van der Waals surface area contributed by atoms with Crippen molar-refractivity contribution in [3.63, 3.8) is 0 Å². The van der Waals surface area contributed by atoms with Gasteiger partial charge in [0.2, 0.25) is 0 Å². The molecular formula is C18H29N3O2. The number of nitrogens with one attached hydrogen (secondary N) is 1. The van der Waals surface area contributed by atoms with E-state index in [2.05, 4.69) is 28.4 Å². The van der Waals surface area contributed by atoms with Crippen LogP contribution < -0.4 is 10.2 Å². The number of carbonyl (C=O) groups is 1. The minimum atomic E-state index is -0.447. The Balaban J connectivity index is 1.96. The lowest BCUT2D eigenvalue weighted by Gasteiger charge is -2.35. The van der Waals surface area contributed by atoms with Crippen molar-refractivity contribution in [2.45, 2.75) is 45.3 Å². The first kappa shape index (κ1) is 17.4.